The smallest absolute Gasteiger partial charge is 0.258 e. The van der Waals surface area contributed by atoms with Gasteiger partial charge in [-0.2, -0.15) is 20.5 Å². The molecule has 4 rings (SSSR count). The van der Waals surface area contributed by atoms with Crippen molar-refractivity contribution in [3.63, 3.8) is 0 Å². The molecule has 4 aromatic rings. The van der Waals surface area contributed by atoms with E-state index < -0.39 is 35.5 Å². The maximum absolute atomic E-state index is 12.9. The summed E-state index contributed by atoms with van der Waals surface area (Å²) < 4.78 is 0. The van der Waals surface area contributed by atoms with Crippen molar-refractivity contribution < 1.29 is 19.2 Å². The lowest BCUT2D eigenvalue weighted by Crippen LogP contribution is -2.32. The van der Waals surface area contributed by atoms with E-state index in [0.29, 0.717) is 22.5 Å². The lowest BCUT2D eigenvalue weighted by molar-refractivity contribution is -0.127. The number of hydrogen-bond donors (Lipinski definition) is 2. The molecule has 0 spiro atoms. The highest BCUT2D eigenvalue weighted by Gasteiger charge is 2.25. The second-order valence-corrected chi connectivity index (χ2v) is 13.3. The average Bonchev–Trinajstić information content (AvgIpc) is 3.02. The number of anilines is 2. The van der Waals surface area contributed by atoms with Crippen molar-refractivity contribution in [1.82, 2.24) is 0 Å². The molecule has 0 saturated heterocycles. The van der Waals surface area contributed by atoms with Gasteiger partial charge in [-0.3, -0.25) is 19.2 Å². The van der Waals surface area contributed by atoms with Crippen LogP contribution < -0.4 is 10.6 Å². The van der Waals surface area contributed by atoms with Crippen molar-refractivity contribution in [3.05, 3.63) is 103 Å². The van der Waals surface area contributed by atoms with Gasteiger partial charge in [0, 0.05) is 22.5 Å². The van der Waals surface area contributed by atoms with Crippen molar-refractivity contribution in [1.29, 1.82) is 0 Å². The molecule has 0 saturated carbocycles. The fourth-order valence-electron chi connectivity index (χ4n) is 4.83. The summed E-state index contributed by atoms with van der Waals surface area (Å²) in [5.74, 6) is -2.35. The van der Waals surface area contributed by atoms with Crippen LogP contribution >= 0.6 is 46.4 Å². The number of aryl methyl sites for hydroxylation is 4. The number of hydrogen-bond acceptors (Lipinski definition) is 8. The van der Waals surface area contributed by atoms with E-state index in [9.17, 15) is 19.2 Å². The lowest BCUT2D eigenvalue weighted by atomic mass is 10.0. The number of Topliss-reactive ketones (excluding diaryl/α,β-unsaturated/α-hetero) is 2. The van der Waals surface area contributed by atoms with Gasteiger partial charge in [-0.25, -0.2) is 0 Å². The van der Waals surface area contributed by atoms with Gasteiger partial charge >= 0.3 is 0 Å². The van der Waals surface area contributed by atoms with Crippen molar-refractivity contribution >= 4 is 92.5 Å². The first kappa shape index (κ1) is 38.3. The molecule has 50 heavy (non-hydrogen) atoms. The molecule has 0 aliphatic rings. The topological polar surface area (TPSA) is 142 Å². The minimum absolute atomic E-state index is 0.0975. The van der Waals surface area contributed by atoms with Crippen LogP contribution in [0.3, 0.4) is 0 Å². The highest BCUT2D eigenvalue weighted by molar-refractivity contribution is 6.40. The Hall–Kier alpha value is -4.48. The van der Waals surface area contributed by atoms with Crippen LogP contribution in [0, 0.1) is 27.7 Å². The number of benzene rings is 4. The normalized spacial score (nSPS) is 12.6. The maximum atomic E-state index is 12.9. The molecule has 2 amide bonds. The summed E-state index contributed by atoms with van der Waals surface area (Å²) in [5.41, 5.74) is 5.78. The molecular weight excluding hydrogens is 722 g/mol. The number of amides is 2. The molecule has 0 fully saturated rings. The second-order valence-electron chi connectivity index (χ2n) is 11.6. The van der Waals surface area contributed by atoms with Crippen LogP contribution in [0.25, 0.3) is 11.1 Å². The lowest BCUT2D eigenvalue weighted by Gasteiger charge is -2.13. The monoisotopic (exact) mass is 752 g/mol. The summed E-state index contributed by atoms with van der Waals surface area (Å²) >= 11 is 26.3. The number of halogens is 4. The van der Waals surface area contributed by atoms with E-state index in [1.54, 1.807) is 12.1 Å². The quantitative estimate of drug-likeness (QED) is 0.116. The van der Waals surface area contributed by atoms with Crippen LogP contribution in [0.5, 0.6) is 0 Å². The fourth-order valence-corrected chi connectivity index (χ4v) is 5.75. The number of nitrogens with one attached hydrogen (secondary N) is 2. The Morgan fingerprint density at radius 3 is 1.22 bits per heavy atom. The van der Waals surface area contributed by atoms with Crippen LogP contribution in [0.2, 0.25) is 20.1 Å². The van der Waals surface area contributed by atoms with Gasteiger partial charge in [-0.1, -0.05) is 81.8 Å². The molecule has 14 heteroatoms. The second kappa shape index (κ2) is 16.5. The van der Waals surface area contributed by atoms with Crippen LogP contribution in [0.4, 0.5) is 22.7 Å². The van der Waals surface area contributed by atoms with Gasteiger partial charge in [0.15, 0.2) is 11.6 Å². The summed E-state index contributed by atoms with van der Waals surface area (Å²) in [6.45, 7) is 10.0. The standard InChI is InChI=1S/C36H32Cl4N6O4/c1-17-7-9-29(19(3)11-17)41-35(49)33(21(5)47)45-43-31-15-25(37)23(13-27(31)39)24-14-28(40)32(16-26(24)38)44-46-34(22(6)48)36(50)42-30-10-8-18(2)12-20(30)4/h7-16,33-34H,1-6H3,(H,41,49)(H,42,50)/t33-,34-/m1/s1. The Kier molecular flexibility index (Phi) is 12.6. The molecule has 4 aromatic carbocycles. The van der Waals surface area contributed by atoms with Gasteiger partial charge < -0.3 is 10.6 Å². The molecule has 2 N–H and O–H groups in total. The molecule has 0 aliphatic carbocycles. The van der Waals surface area contributed by atoms with Gasteiger partial charge in [0.05, 0.1) is 20.1 Å². The van der Waals surface area contributed by atoms with E-state index in [1.807, 2.05) is 52.0 Å². The molecule has 258 valence electrons. The maximum Gasteiger partial charge on any atom is 0.258 e. The fraction of sp³-hybridized carbons (Fsp3) is 0.222. The Morgan fingerprint density at radius 1 is 0.540 bits per heavy atom. The molecule has 0 aliphatic heterocycles. The predicted octanol–water partition coefficient (Wildman–Crippen LogP) is 10.6. The number of rotatable bonds is 11. The van der Waals surface area contributed by atoms with Crippen molar-refractivity contribution in [2.75, 3.05) is 10.6 Å². The van der Waals surface area contributed by atoms with Gasteiger partial charge in [0.2, 0.25) is 12.1 Å². The average molecular weight is 755 g/mol. The Labute approximate surface area is 309 Å². The molecule has 2 atom stereocenters. The SMILES string of the molecule is CC(=O)[C@@H](N=Nc1cc(Cl)c(-c2cc(Cl)c(N=N[C@H](C(C)=O)C(=O)Nc3ccc(C)cc3C)cc2Cl)cc1Cl)C(=O)Nc1ccc(C)cc1C. The first-order chi connectivity index (χ1) is 23.5. The van der Waals surface area contributed by atoms with Crippen molar-refractivity contribution in [3.8, 4) is 11.1 Å². The third kappa shape index (κ3) is 9.39. The molecule has 10 nitrogen and oxygen atoms in total. The summed E-state index contributed by atoms with van der Waals surface area (Å²) in [6, 6.07) is 13.9. The number of azo groups is 2. The summed E-state index contributed by atoms with van der Waals surface area (Å²) in [5, 5.41) is 22.0. The molecule has 0 bridgehead atoms. The largest absolute Gasteiger partial charge is 0.324 e. The van der Waals surface area contributed by atoms with Crippen LogP contribution in [-0.2, 0) is 19.2 Å². The van der Waals surface area contributed by atoms with E-state index in [-0.39, 0.29) is 31.5 Å². The first-order valence-electron chi connectivity index (χ1n) is 15.1. The van der Waals surface area contributed by atoms with E-state index in [1.165, 1.54) is 38.1 Å². The highest BCUT2D eigenvalue weighted by Crippen LogP contribution is 2.43. The van der Waals surface area contributed by atoms with E-state index >= 15 is 0 Å². The molecule has 0 radical (unpaired) electrons. The number of ketones is 2. The molecule has 0 heterocycles. The van der Waals surface area contributed by atoms with E-state index in [4.69, 9.17) is 46.4 Å². The van der Waals surface area contributed by atoms with Crippen LogP contribution in [0.15, 0.2) is 81.1 Å². The van der Waals surface area contributed by atoms with Crippen molar-refractivity contribution in [2.24, 2.45) is 20.5 Å². The highest BCUT2D eigenvalue weighted by atomic mass is 35.5. The molecule has 0 aromatic heterocycles. The van der Waals surface area contributed by atoms with Gasteiger partial charge in [-0.15, -0.1) is 0 Å². The zero-order valence-corrected chi connectivity index (χ0v) is 30.9. The van der Waals surface area contributed by atoms with Crippen LogP contribution in [-0.4, -0.2) is 35.5 Å². The van der Waals surface area contributed by atoms with E-state index in [0.717, 1.165) is 22.3 Å². The molecule has 0 unspecified atom stereocenters. The number of carbonyl (C=O) groups is 4. The van der Waals surface area contributed by atoms with E-state index in [2.05, 4.69) is 31.1 Å². The third-order valence-electron chi connectivity index (χ3n) is 7.47. The minimum atomic E-state index is -1.43. The third-order valence-corrected chi connectivity index (χ3v) is 8.70. The van der Waals surface area contributed by atoms with Gasteiger partial charge in [0.1, 0.15) is 11.4 Å². The summed E-state index contributed by atoms with van der Waals surface area (Å²) in [7, 11) is 0. The zero-order chi connectivity index (χ0) is 36.9. The summed E-state index contributed by atoms with van der Waals surface area (Å²) in [4.78, 5) is 50.5. The number of carbonyl (C=O) groups excluding carboxylic acids is 4. The Bertz CT molecular complexity index is 1940. The first-order valence-corrected chi connectivity index (χ1v) is 16.6. The van der Waals surface area contributed by atoms with Crippen LogP contribution in [0.1, 0.15) is 36.1 Å². The van der Waals surface area contributed by atoms with Gasteiger partial charge in [0.25, 0.3) is 11.8 Å². The van der Waals surface area contributed by atoms with Gasteiger partial charge in [-0.05, 0) is 89.1 Å². The Balaban J connectivity index is 1.55. The Morgan fingerprint density at radius 2 is 0.900 bits per heavy atom. The van der Waals surface area contributed by atoms with Crippen molar-refractivity contribution in [2.45, 2.75) is 53.6 Å². The predicted molar refractivity (Wildman–Crippen MR) is 199 cm³/mol. The minimum Gasteiger partial charge on any atom is -0.324 e. The zero-order valence-electron chi connectivity index (χ0n) is 27.9. The summed E-state index contributed by atoms with van der Waals surface area (Å²) in [6.07, 6.45) is 0. The molecular formula is C36H32Cl4N6O4. The number of nitrogens with zero attached hydrogens (tertiary/aromatic N) is 4.